The number of methoxy groups -OCH3 is 2. The van der Waals surface area contributed by atoms with Crippen molar-refractivity contribution < 1.29 is 39.1 Å². The highest BCUT2D eigenvalue weighted by Crippen LogP contribution is 2.47. The Balaban J connectivity index is 1.93. The molecule has 10 nitrogen and oxygen atoms in total. The molecule has 1 saturated heterocycles. The van der Waals surface area contributed by atoms with Gasteiger partial charge >= 0.3 is 5.63 Å². The predicted molar refractivity (Wildman–Crippen MR) is 146 cm³/mol. The van der Waals surface area contributed by atoms with Crippen LogP contribution in [0.5, 0.6) is 17.2 Å². The molecule has 0 aliphatic carbocycles. The standard InChI is InChI=1S/C29H33NO9/c1-12(31)14-9-17-21(19(10-14)36-5)16-11-20(37-6)23-18(32)8-7-15(22(23)27(16)39-29(17)35)28-26(34)24(30(3)4)25(33)13(2)38-28/h7-13,24-26,28,31-34H,1-6H3/t12-,13+,24-,25-,26+,28-/m0/s1. The van der Waals surface area contributed by atoms with E-state index >= 15 is 0 Å². The number of hydrogen-bond donors (Lipinski definition) is 4. The van der Waals surface area contributed by atoms with E-state index in [0.29, 0.717) is 38.8 Å². The molecule has 0 radical (unpaired) electrons. The van der Waals surface area contributed by atoms with Gasteiger partial charge in [0.05, 0.1) is 49.3 Å². The highest BCUT2D eigenvalue weighted by atomic mass is 16.5. The lowest BCUT2D eigenvalue weighted by molar-refractivity contribution is -0.197. The molecule has 0 bridgehead atoms. The number of phenols is 1. The van der Waals surface area contributed by atoms with Crippen LogP contribution in [0.15, 0.2) is 39.5 Å². The molecule has 1 aliphatic heterocycles. The molecule has 4 aromatic rings. The largest absolute Gasteiger partial charge is 0.507 e. The van der Waals surface area contributed by atoms with Gasteiger partial charge in [-0.15, -0.1) is 0 Å². The number of fused-ring (bicyclic) bond motifs is 5. The van der Waals surface area contributed by atoms with Crippen LogP contribution in [0.1, 0.15) is 37.2 Å². The molecule has 0 saturated carbocycles. The van der Waals surface area contributed by atoms with Gasteiger partial charge in [0.1, 0.15) is 35.0 Å². The van der Waals surface area contributed by atoms with E-state index in [9.17, 15) is 25.2 Å². The molecule has 0 unspecified atom stereocenters. The van der Waals surface area contributed by atoms with Crippen molar-refractivity contribution in [1.82, 2.24) is 4.90 Å². The van der Waals surface area contributed by atoms with Gasteiger partial charge in [-0.25, -0.2) is 4.79 Å². The Morgan fingerprint density at radius 3 is 2.23 bits per heavy atom. The van der Waals surface area contributed by atoms with Gasteiger partial charge in [0.2, 0.25) is 0 Å². The van der Waals surface area contributed by atoms with Crippen molar-refractivity contribution in [3.63, 3.8) is 0 Å². The summed E-state index contributed by atoms with van der Waals surface area (Å²) in [6.07, 6.45) is -4.52. The number of rotatable bonds is 5. The molecule has 4 N–H and O–H groups in total. The molecular weight excluding hydrogens is 506 g/mol. The van der Waals surface area contributed by atoms with Crippen molar-refractivity contribution in [2.45, 2.75) is 50.4 Å². The molecule has 10 heteroatoms. The average molecular weight is 540 g/mol. The van der Waals surface area contributed by atoms with Crippen LogP contribution in [-0.2, 0) is 4.74 Å². The molecule has 39 heavy (non-hydrogen) atoms. The number of aliphatic hydroxyl groups is 3. The van der Waals surface area contributed by atoms with Crippen LogP contribution >= 0.6 is 0 Å². The first-order chi connectivity index (χ1) is 18.5. The smallest absolute Gasteiger partial charge is 0.344 e. The zero-order valence-corrected chi connectivity index (χ0v) is 22.6. The highest BCUT2D eigenvalue weighted by molar-refractivity contribution is 6.19. The lowest BCUT2D eigenvalue weighted by atomic mass is 9.86. The second-order valence-corrected chi connectivity index (χ2v) is 10.3. The molecule has 0 spiro atoms. The number of ether oxygens (including phenoxy) is 3. The number of likely N-dealkylation sites (N-methyl/N-ethyl adjacent to an activating group) is 1. The Kier molecular flexibility index (Phi) is 6.94. The van der Waals surface area contributed by atoms with E-state index in [1.54, 1.807) is 57.1 Å². The lowest BCUT2D eigenvalue weighted by Gasteiger charge is -2.45. The van der Waals surface area contributed by atoms with Gasteiger partial charge in [-0.1, -0.05) is 6.07 Å². The van der Waals surface area contributed by atoms with E-state index in [0.717, 1.165) is 0 Å². The minimum absolute atomic E-state index is 0.116. The van der Waals surface area contributed by atoms with Crippen molar-refractivity contribution >= 4 is 32.5 Å². The number of benzene rings is 3. The molecule has 5 rings (SSSR count). The molecular formula is C29H33NO9. The second kappa shape index (κ2) is 9.96. The van der Waals surface area contributed by atoms with Crippen LogP contribution in [0.4, 0.5) is 0 Å². The van der Waals surface area contributed by atoms with Crippen molar-refractivity contribution in [2.75, 3.05) is 28.3 Å². The topological polar surface area (TPSA) is 142 Å². The van der Waals surface area contributed by atoms with Gasteiger partial charge in [0.15, 0.2) is 0 Å². The first-order valence-corrected chi connectivity index (χ1v) is 12.7. The third kappa shape index (κ3) is 4.19. The van der Waals surface area contributed by atoms with E-state index in [1.165, 1.54) is 20.3 Å². The summed E-state index contributed by atoms with van der Waals surface area (Å²) in [6.45, 7) is 3.31. The van der Waals surface area contributed by atoms with Gasteiger partial charge in [-0.05, 0) is 63.3 Å². The zero-order chi connectivity index (χ0) is 28.3. The maximum Gasteiger partial charge on any atom is 0.344 e. The minimum Gasteiger partial charge on any atom is -0.507 e. The van der Waals surface area contributed by atoms with Crippen LogP contribution in [0.25, 0.3) is 32.5 Å². The van der Waals surface area contributed by atoms with Crippen molar-refractivity contribution in [3.05, 3.63) is 51.9 Å². The summed E-state index contributed by atoms with van der Waals surface area (Å²) in [5, 5.41) is 45.0. The van der Waals surface area contributed by atoms with Crippen LogP contribution in [-0.4, -0.2) is 78.0 Å². The molecule has 208 valence electrons. The number of aliphatic hydroxyl groups excluding tert-OH is 3. The molecule has 3 aromatic carbocycles. The Hall–Kier alpha value is -3.41. The van der Waals surface area contributed by atoms with Crippen LogP contribution in [0.2, 0.25) is 0 Å². The Morgan fingerprint density at radius 1 is 0.949 bits per heavy atom. The van der Waals surface area contributed by atoms with E-state index < -0.39 is 42.2 Å². The summed E-state index contributed by atoms with van der Waals surface area (Å²) in [7, 11) is 6.46. The summed E-state index contributed by atoms with van der Waals surface area (Å²) >= 11 is 0. The number of phenolic OH excluding ortho intramolecular Hbond substituents is 1. The van der Waals surface area contributed by atoms with Crippen molar-refractivity contribution in [3.8, 4) is 17.2 Å². The highest BCUT2D eigenvalue weighted by Gasteiger charge is 2.45. The molecule has 2 heterocycles. The second-order valence-electron chi connectivity index (χ2n) is 10.3. The van der Waals surface area contributed by atoms with Gasteiger partial charge in [0.25, 0.3) is 0 Å². The Labute approximate surface area is 224 Å². The summed E-state index contributed by atoms with van der Waals surface area (Å²) in [4.78, 5) is 15.1. The van der Waals surface area contributed by atoms with Crippen LogP contribution < -0.4 is 15.1 Å². The SMILES string of the molecule is COc1cc2c(oc(=O)c3cc([C@H](C)O)cc(OC)c32)c2c([C@@H]3O[C@H](C)[C@H](O)[C@H](N(C)C)[C@H]3O)ccc(O)c12. The quantitative estimate of drug-likeness (QED) is 0.221. The Morgan fingerprint density at radius 2 is 1.62 bits per heavy atom. The zero-order valence-electron chi connectivity index (χ0n) is 22.6. The minimum atomic E-state index is -1.16. The lowest BCUT2D eigenvalue weighted by Crippen LogP contribution is -2.58. The van der Waals surface area contributed by atoms with Gasteiger partial charge in [-0.3, -0.25) is 0 Å². The Bertz CT molecular complexity index is 1630. The third-order valence-corrected chi connectivity index (χ3v) is 7.69. The first-order valence-electron chi connectivity index (χ1n) is 12.7. The fourth-order valence-electron chi connectivity index (χ4n) is 5.74. The number of aromatic hydroxyl groups is 1. The normalized spacial score (nSPS) is 24.5. The van der Waals surface area contributed by atoms with E-state index in [-0.39, 0.29) is 22.1 Å². The summed E-state index contributed by atoms with van der Waals surface area (Å²) in [5.74, 6) is 0.535. The monoisotopic (exact) mass is 539 g/mol. The molecule has 0 amide bonds. The average Bonchev–Trinajstić information content (AvgIpc) is 2.90. The van der Waals surface area contributed by atoms with E-state index in [2.05, 4.69) is 0 Å². The predicted octanol–water partition coefficient (Wildman–Crippen LogP) is 2.99. The number of hydrogen-bond acceptors (Lipinski definition) is 10. The first kappa shape index (κ1) is 27.2. The van der Waals surface area contributed by atoms with Crippen LogP contribution in [0.3, 0.4) is 0 Å². The number of nitrogens with zero attached hydrogens (tertiary/aromatic N) is 1. The van der Waals surface area contributed by atoms with Gasteiger partial charge in [-0.2, -0.15) is 0 Å². The van der Waals surface area contributed by atoms with Gasteiger partial charge in [0, 0.05) is 16.2 Å². The van der Waals surface area contributed by atoms with E-state index in [1.807, 2.05) is 0 Å². The maximum atomic E-state index is 13.4. The van der Waals surface area contributed by atoms with Gasteiger partial charge < -0.3 is 44.0 Å². The third-order valence-electron chi connectivity index (χ3n) is 7.69. The molecule has 6 atom stereocenters. The van der Waals surface area contributed by atoms with Crippen molar-refractivity contribution in [2.24, 2.45) is 0 Å². The summed E-state index contributed by atoms with van der Waals surface area (Å²) < 4.78 is 23.4. The molecule has 1 aliphatic rings. The molecule has 1 aromatic heterocycles. The molecule has 1 fully saturated rings. The van der Waals surface area contributed by atoms with Crippen molar-refractivity contribution in [1.29, 1.82) is 0 Å². The summed E-state index contributed by atoms with van der Waals surface area (Å²) in [6, 6.07) is 7.31. The fourth-order valence-corrected chi connectivity index (χ4v) is 5.74. The van der Waals surface area contributed by atoms with Crippen LogP contribution in [0, 0.1) is 0 Å². The maximum absolute atomic E-state index is 13.4. The summed E-state index contributed by atoms with van der Waals surface area (Å²) in [5.41, 5.74) is 0.414. The van der Waals surface area contributed by atoms with E-state index in [4.69, 9.17) is 18.6 Å². The fraction of sp³-hybridized carbons (Fsp3) is 0.414.